The molecule has 0 aromatic heterocycles. The van der Waals surface area contributed by atoms with E-state index in [1.807, 2.05) is 0 Å². The number of hydrogen-bond donors (Lipinski definition) is 2. The molecule has 0 radical (unpaired) electrons. The largest absolute Gasteiger partial charge is 0.507 e. The first kappa shape index (κ1) is 14.7. The fourth-order valence-corrected chi connectivity index (χ4v) is 2.67. The van der Waals surface area contributed by atoms with Gasteiger partial charge in [-0.15, -0.1) is 0 Å². The van der Waals surface area contributed by atoms with Gasteiger partial charge in [0.25, 0.3) is 5.91 Å². The number of nitrogens with one attached hydrogen (secondary N) is 1. The maximum atomic E-state index is 12.3. The standard InChI is InChI=1S/C15H17ClN2O2/c1-10-4-6-15(9-17,7-5-10)18-14(20)12-8-11(16)2-3-13(12)19/h2-3,8,10,19H,4-7H2,1H3,(H,18,20). The number of carbonyl (C=O) groups excluding carboxylic acids is 1. The number of nitriles is 1. The van der Waals surface area contributed by atoms with Crippen LogP contribution in [0.3, 0.4) is 0 Å². The highest BCUT2D eigenvalue weighted by Gasteiger charge is 2.36. The second kappa shape index (κ2) is 5.72. The number of amides is 1. The maximum absolute atomic E-state index is 12.3. The highest BCUT2D eigenvalue weighted by molar-refractivity contribution is 6.31. The van der Waals surface area contributed by atoms with E-state index in [9.17, 15) is 15.2 Å². The van der Waals surface area contributed by atoms with Crippen LogP contribution in [0.15, 0.2) is 18.2 Å². The van der Waals surface area contributed by atoms with Crippen LogP contribution in [0, 0.1) is 17.2 Å². The Labute approximate surface area is 123 Å². The van der Waals surface area contributed by atoms with Gasteiger partial charge in [-0.3, -0.25) is 4.79 Å². The Morgan fingerprint density at radius 1 is 1.50 bits per heavy atom. The molecule has 1 aliphatic carbocycles. The van der Waals surface area contributed by atoms with E-state index >= 15 is 0 Å². The topological polar surface area (TPSA) is 73.1 Å². The summed E-state index contributed by atoms with van der Waals surface area (Å²) in [4.78, 5) is 12.3. The van der Waals surface area contributed by atoms with E-state index in [1.54, 1.807) is 0 Å². The molecule has 0 heterocycles. The highest BCUT2D eigenvalue weighted by Crippen LogP contribution is 2.32. The van der Waals surface area contributed by atoms with Gasteiger partial charge in [0.05, 0.1) is 11.6 Å². The average molecular weight is 293 g/mol. The van der Waals surface area contributed by atoms with Crippen LogP contribution < -0.4 is 5.32 Å². The molecule has 0 atom stereocenters. The molecule has 2 N–H and O–H groups in total. The van der Waals surface area contributed by atoms with Crippen LogP contribution in [0.2, 0.25) is 5.02 Å². The monoisotopic (exact) mass is 292 g/mol. The lowest BCUT2D eigenvalue weighted by Crippen LogP contribution is -2.49. The summed E-state index contributed by atoms with van der Waals surface area (Å²) in [6.07, 6.45) is 3.10. The van der Waals surface area contributed by atoms with E-state index in [4.69, 9.17) is 11.6 Å². The van der Waals surface area contributed by atoms with Crippen LogP contribution in [0.25, 0.3) is 0 Å². The lowest BCUT2D eigenvalue weighted by atomic mass is 9.78. The van der Waals surface area contributed by atoms with Gasteiger partial charge in [-0.2, -0.15) is 5.26 Å². The van der Waals surface area contributed by atoms with E-state index in [-0.39, 0.29) is 11.3 Å². The summed E-state index contributed by atoms with van der Waals surface area (Å²) in [6.45, 7) is 2.14. The molecule has 1 saturated carbocycles. The zero-order valence-corrected chi connectivity index (χ0v) is 12.1. The third-order valence-corrected chi connectivity index (χ3v) is 4.13. The fraction of sp³-hybridized carbons (Fsp3) is 0.467. The summed E-state index contributed by atoms with van der Waals surface area (Å²) in [5, 5.41) is 22.3. The fourth-order valence-electron chi connectivity index (χ4n) is 2.49. The van der Waals surface area contributed by atoms with E-state index in [2.05, 4.69) is 18.3 Å². The Kier molecular flexibility index (Phi) is 4.20. The number of nitrogens with zero attached hydrogens (tertiary/aromatic N) is 1. The van der Waals surface area contributed by atoms with Gasteiger partial charge in [-0.1, -0.05) is 18.5 Å². The van der Waals surface area contributed by atoms with E-state index < -0.39 is 11.4 Å². The van der Waals surface area contributed by atoms with Gasteiger partial charge in [-0.25, -0.2) is 0 Å². The summed E-state index contributed by atoms with van der Waals surface area (Å²) >= 11 is 5.84. The molecule has 1 aliphatic rings. The van der Waals surface area contributed by atoms with Crippen molar-refractivity contribution >= 4 is 17.5 Å². The second-order valence-electron chi connectivity index (χ2n) is 5.49. The number of hydrogen-bond acceptors (Lipinski definition) is 3. The first-order valence-corrected chi connectivity index (χ1v) is 7.06. The molecule has 1 amide bonds. The van der Waals surface area contributed by atoms with E-state index in [0.29, 0.717) is 23.8 Å². The Morgan fingerprint density at radius 3 is 2.75 bits per heavy atom. The van der Waals surface area contributed by atoms with Crippen molar-refractivity contribution in [3.8, 4) is 11.8 Å². The van der Waals surface area contributed by atoms with Crippen molar-refractivity contribution in [1.29, 1.82) is 5.26 Å². The molecule has 5 heteroatoms. The zero-order valence-electron chi connectivity index (χ0n) is 11.3. The summed E-state index contributed by atoms with van der Waals surface area (Å²) < 4.78 is 0. The predicted octanol–water partition coefficient (Wildman–Crippen LogP) is 3.25. The molecule has 0 unspecified atom stereocenters. The summed E-state index contributed by atoms with van der Waals surface area (Å²) in [6, 6.07) is 6.52. The van der Waals surface area contributed by atoms with Crippen LogP contribution in [0.1, 0.15) is 43.0 Å². The number of rotatable bonds is 2. The van der Waals surface area contributed by atoms with Crippen molar-refractivity contribution in [1.82, 2.24) is 5.32 Å². The molecular weight excluding hydrogens is 276 g/mol. The van der Waals surface area contributed by atoms with Crippen molar-refractivity contribution < 1.29 is 9.90 Å². The molecule has 1 fully saturated rings. The first-order chi connectivity index (χ1) is 9.46. The van der Waals surface area contributed by atoms with Gasteiger partial charge in [0, 0.05) is 5.02 Å². The minimum atomic E-state index is -0.835. The number of benzene rings is 1. The normalized spacial score (nSPS) is 25.8. The zero-order chi connectivity index (χ0) is 14.8. The van der Waals surface area contributed by atoms with Crippen molar-refractivity contribution in [2.75, 3.05) is 0 Å². The van der Waals surface area contributed by atoms with Gasteiger partial charge in [-0.05, 0) is 49.8 Å². The number of halogens is 1. The number of phenols is 1. The lowest BCUT2D eigenvalue weighted by molar-refractivity contribution is 0.0891. The maximum Gasteiger partial charge on any atom is 0.256 e. The first-order valence-electron chi connectivity index (χ1n) is 6.68. The molecule has 2 rings (SSSR count). The van der Waals surface area contributed by atoms with Crippen molar-refractivity contribution in [2.24, 2.45) is 5.92 Å². The van der Waals surface area contributed by atoms with Crippen LogP contribution in [-0.4, -0.2) is 16.6 Å². The van der Waals surface area contributed by atoms with Crippen LogP contribution in [0.5, 0.6) is 5.75 Å². The molecule has 0 bridgehead atoms. The summed E-state index contributed by atoms with van der Waals surface area (Å²) in [5.74, 6) is -0.0155. The summed E-state index contributed by atoms with van der Waals surface area (Å²) in [7, 11) is 0. The van der Waals surface area contributed by atoms with Gasteiger partial charge in [0.2, 0.25) is 0 Å². The molecule has 0 saturated heterocycles. The molecule has 20 heavy (non-hydrogen) atoms. The molecule has 106 valence electrons. The molecule has 4 nitrogen and oxygen atoms in total. The predicted molar refractivity (Wildman–Crippen MR) is 76.6 cm³/mol. The minimum absolute atomic E-state index is 0.103. The second-order valence-corrected chi connectivity index (χ2v) is 5.93. The van der Waals surface area contributed by atoms with Crippen molar-refractivity contribution in [3.05, 3.63) is 28.8 Å². The highest BCUT2D eigenvalue weighted by atomic mass is 35.5. The molecule has 1 aromatic carbocycles. The van der Waals surface area contributed by atoms with Gasteiger partial charge in [0.1, 0.15) is 11.3 Å². The Morgan fingerprint density at radius 2 is 2.15 bits per heavy atom. The number of carbonyl (C=O) groups is 1. The van der Waals surface area contributed by atoms with Gasteiger partial charge < -0.3 is 10.4 Å². The Hall–Kier alpha value is -1.73. The molecule has 0 aliphatic heterocycles. The van der Waals surface area contributed by atoms with Crippen molar-refractivity contribution in [3.63, 3.8) is 0 Å². The van der Waals surface area contributed by atoms with E-state index in [1.165, 1.54) is 18.2 Å². The molecule has 0 spiro atoms. The van der Waals surface area contributed by atoms with Gasteiger partial charge >= 0.3 is 0 Å². The Bertz CT molecular complexity index is 557. The quantitative estimate of drug-likeness (QED) is 0.879. The third-order valence-electron chi connectivity index (χ3n) is 3.90. The minimum Gasteiger partial charge on any atom is -0.507 e. The molecular formula is C15H17ClN2O2. The van der Waals surface area contributed by atoms with Crippen LogP contribution in [0.4, 0.5) is 0 Å². The third kappa shape index (κ3) is 3.05. The van der Waals surface area contributed by atoms with Crippen LogP contribution in [-0.2, 0) is 0 Å². The van der Waals surface area contributed by atoms with Crippen LogP contribution >= 0.6 is 11.6 Å². The lowest BCUT2D eigenvalue weighted by Gasteiger charge is -2.34. The number of aromatic hydroxyl groups is 1. The average Bonchev–Trinajstić information content (AvgIpc) is 2.44. The van der Waals surface area contributed by atoms with E-state index in [0.717, 1.165) is 12.8 Å². The molecule has 1 aromatic rings. The smallest absolute Gasteiger partial charge is 0.256 e. The van der Waals surface area contributed by atoms with Crippen molar-refractivity contribution in [2.45, 2.75) is 38.1 Å². The SMILES string of the molecule is CC1CCC(C#N)(NC(=O)c2cc(Cl)ccc2O)CC1. The summed E-state index contributed by atoms with van der Waals surface area (Å²) in [5.41, 5.74) is -0.732. The van der Waals surface area contributed by atoms with Gasteiger partial charge in [0.15, 0.2) is 0 Å². The Balaban J connectivity index is 2.18. The number of phenolic OH excluding ortho intramolecular Hbond substituents is 1.